The Bertz CT molecular complexity index is 444. The van der Waals surface area contributed by atoms with Crippen molar-refractivity contribution in [3.05, 3.63) is 29.3 Å². The van der Waals surface area contributed by atoms with Crippen molar-refractivity contribution in [1.29, 1.82) is 0 Å². The highest BCUT2D eigenvalue weighted by atomic mass is 16.3. The normalized spacial score (nSPS) is 9.89. The maximum atomic E-state index is 11.7. The molecule has 5 heteroatoms. The van der Waals surface area contributed by atoms with Gasteiger partial charge in [-0.05, 0) is 37.1 Å². The van der Waals surface area contributed by atoms with Crippen molar-refractivity contribution in [2.75, 3.05) is 13.1 Å². The van der Waals surface area contributed by atoms with E-state index in [0.717, 1.165) is 6.42 Å². The standard InChI is InChI=1S/C13H18N2O3/c1-3-6-14-12(17)8-15-13(18)10-4-5-11(16)9(2)7-10/h4-5,7,16H,3,6,8H2,1-2H3,(H,14,17)(H,15,18). The van der Waals surface area contributed by atoms with Gasteiger partial charge in [-0.2, -0.15) is 0 Å². The Balaban J connectivity index is 2.50. The molecule has 1 aromatic carbocycles. The highest BCUT2D eigenvalue weighted by Crippen LogP contribution is 2.16. The fourth-order valence-electron chi connectivity index (χ4n) is 1.39. The van der Waals surface area contributed by atoms with Crippen LogP contribution < -0.4 is 10.6 Å². The summed E-state index contributed by atoms with van der Waals surface area (Å²) in [5.74, 6) is -0.391. The van der Waals surface area contributed by atoms with Gasteiger partial charge in [0.1, 0.15) is 5.75 Å². The molecular weight excluding hydrogens is 232 g/mol. The smallest absolute Gasteiger partial charge is 0.251 e. The van der Waals surface area contributed by atoms with E-state index in [2.05, 4.69) is 10.6 Å². The lowest BCUT2D eigenvalue weighted by Gasteiger charge is -2.07. The van der Waals surface area contributed by atoms with Gasteiger partial charge >= 0.3 is 0 Å². The maximum absolute atomic E-state index is 11.7. The predicted molar refractivity (Wildman–Crippen MR) is 68.5 cm³/mol. The monoisotopic (exact) mass is 250 g/mol. The lowest BCUT2D eigenvalue weighted by molar-refractivity contribution is -0.120. The van der Waals surface area contributed by atoms with Crippen LogP contribution in [0.25, 0.3) is 0 Å². The number of phenolic OH excluding ortho intramolecular Hbond substituents is 1. The molecule has 3 N–H and O–H groups in total. The second-order valence-corrected chi connectivity index (χ2v) is 4.03. The Labute approximate surface area is 106 Å². The second-order valence-electron chi connectivity index (χ2n) is 4.03. The molecule has 0 atom stereocenters. The van der Waals surface area contributed by atoms with Crippen molar-refractivity contribution in [3.63, 3.8) is 0 Å². The van der Waals surface area contributed by atoms with Gasteiger partial charge < -0.3 is 15.7 Å². The summed E-state index contributed by atoms with van der Waals surface area (Å²) in [5, 5.41) is 14.5. The van der Waals surface area contributed by atoms with Crippen LogP contribution in [-0.2, 0) is 4.79 Å². The summed E-state index contributed by atoms with van der Waals surface area (Å²) < 4.78 is 0. The highest BCUT2D eigenvalue weighted by Gasteiger charge is 2.08. The SMILES string of the molecule is CCCNC(=O)CNC(=O)c1ccc(O)c(C)c1. The molecular formula is C13H18N2O3. The number of carbonyl (C=O) groups excluding carboxylic acids is 2. The molecule has 98 valence electrons. The van der Waals surface area contributed by atoms with E-state index in [9.17, 15) is 14.7 Å². The number of benzene rings is 1. The number of hydrogen-bond donors (Lipinski definition) is 3. The minimum absolute atomic E-state index is 0.0429. The summed E-state index contributed by atoms with van der Waals surface area (Å²) in [6.07, 6.45) is 0.858. The molecule has 0 aliphatic rings. The first kappa shape index (κ1) is 14.0. The number of aryl methyl sites for hydroxylation is 1. The first-order valence-corrected chi connectivity index (χ1v) is 5.89. The molecule has 0 aromatic heterocycles. The van der Waals surface area contributed by atoms with Gasteiger partial charge in [0.15, 0.2) is 0 Å². The molecule has 5 nitrogen and oxygen atoms in total. The number of carbonyl (C=O) groups is 2. The Hall–Kier alpha value is -2.04. The predicted octanol–water partition coefficient (Wildman–Crippen LogP) is 0.957. The van der Waals surface area contributed by atoms with E-state index in [4.69, 9.17) is 0 Å². The van der Waals surface area contributed by atoms with Crippen molar-refractivity contribution < 1.29 is 14.7 Å². The van der Waals surface area contributed by atoms with Crippen LogP contribution in [0.5, 0.6) is 5.75 Å². The van der Waals surface area contributed by atoms with Crippen LogP contribution in [0.4, 0.5) is 0 Å². The molecule has 0 saturated carbocycles. The van der Waals surface area contributed by atoms with Gasteiger partial charge in [0.05, 0.1) is 6.54 Å². The Morgan fingerprint density at radius 1 is 1.28 bits per heavy atom. The van der Waals surface area contributed by atoms with Gasteiger partial charge in [-0.15, -0.1) is 0 Å². The Morgan fingerprint density at radius 3 is 2.61 bits per heavy atom. The van der Waals surface area contributed by atoms with Crippen molar-refractivity contribution in [1.82, 2.24) is 10.6 Å². The van der Waals surface area contributed by atoms with Crippen LogP contribution in [-0.4, -0.2) is 30.0 Å². The summed E-state index contributed by atoms with van der Waals surface area (Å²) in [5.41, 5.74) is 1.05. The molecule has 0 heterocycles. The fourth-order valence-corrected chi connectivity index (χ4v) is 1.39. The lowest BCUT2D eigenvalue weighted by atomic mass is 10.1. The van der Waals surface area contributed by atoms with Crippen LogP contribution in [0.15, 0.2) is 18.2 Å². The van der Waals surface area contributed by atoms with Crippen LogP contribution in [0, 0.1) is 6.92 Å². The summed E-state index contributed by atoms with van der Waals surface area (Å²) in [6, 6.07) is 4.55. The van der Waals surface area contributed by atoms with Crippen molar-refractivity contribution in [2.45, 2.75) is 20.3 Å². The highest BCUT2D eigenvalue weighted by molar-refractivity contribution is 5.96. The van der Waals surface area contributed by atoms with E-state index in [1.807, 2.05) is 6.92 Å². The minimum Gasteiger partial charge on any atom is -0.508 e. The van der Waals surface area contributed by atoms with E-state index < -0.39 is 0 Å². The number of phenols is 1. The number of nitrogens with one attached hydrogen (secondary N) is 2. The first-order chi connectivity index (χ1) is 8.54. The third-order valence-electron chi connectivity index (χ3n) is 2.44. The van der Waals surface area contributed by atoms with Crippen molar-refractivity contribution >= 4 is 11.8 Å². The van der Waals surface area contributed by atoms with Crippen LogP contribution in [0.3, 0.4) is 0 Å². The zero-order valence-corrected chi connectivity index (χ0v) is 10.6. The summed E-state index contributed by atoms with van der Waals surface area (Å²) in [6.45, 7) is 4.23. The summed E-state index contributed by atoms with van der Waals surface area (Å²) in [4.78, 5) is 23.0. The Morgan fingerprint density at radius 2 is 2.00 bits per heavy atom. The maximum Gasteiger partial charge on any atom is 0.251 e. The molecule has 0 aliphatic heterocycles. The van der Waals surface area contributed by atoms with Crippen LogP contribution in [0.2, 0.25) is 0 Å². The average molecular weight is 250 g/mol. The zero-order valence-electron chi connectivity index (χ0n) is 10.6. The molecule has 2 amide bonds. The van der Waals surface area contributed by atoms with Crippen LogP contribution in [0.1, 0.15) is 29.3 Å². The van der Waals surface area contributed by atoms with E-state index in [1.54, 1.807) is 13.0 Å². The van der Waals surface area contributed by atoms with Gasteiger partial charge in [-0.1, -0.05) is 6.92 Å². The van der Waals surface area contributed by atoms with Gasteiger partial charge in [0, 0.05) is 12.1 Å². The summed E-state index contributed by atoms with van der Waals surface area (Å²) in [7, 11) is 0. The number of amides is 2. The molecule has 0 saturated heterocycles. The van der Waals surface area contributed by atoms with Crippen LogP contribution >= 0.6 is 0 Å². The molecule has 0 bridgehead atoms. The van der Waals surface area contributed by atoms with Gasteiger partial charge in [0.25, 0.3) is 5.91 Å². The topological polar surface area (TPSA) is 78.4 Å². The summed E-state index contributed by atoms with van der Waals surface area (Å²) >= 11 is 0. The fraction of sp³-hybridized carbons (Fsp3) is 0.385. The average Bonchev–Trinajstić information content (AvgIpc) is 2.36. The molecule has 18 heavy (non-hydrogen) atoms. The molecule has 0 fully saturated rings. The van der Waals surface area contributed by atoms with E-state index >= 15 is 0 Å². The number of aromatic hydroxyl groups is 1. The van der Waals surface area contributed by atoms with E-state index in [1.165, 1.54) is 12.1 Å². The molecule has 0 radical (unpaired) electrons. The molecule has 0 spiro atoms. The van der Waals surface area contributed by atoms with E-state index in [0.29, 0.717) is 17.7 Å². The number of hydrogen-bond acceptors (Lipinski definition) is 3. The number of rotatable bonds is 5. The van der Waals surface area contributed by atoms with Gasteiger partial charge in [-0.25, -0.2) is 0 Å². The largest absolute Gasteiger partial charge is 0.508 e. The Kier molecular flexibility index (Phi) is 5.17. The van der Waals surface area contributed by atoms with E-state index in [-0.39, 0.29) is 24.1 Å². The first-order valence-electron chi connectivity index (χ1n) is 5.89. The second kappa shape index (κ2) is 6.64. The van der Waals surface area contributed by atoms with Crippen molar-refractivity contribution in [2.24, 2.45) is 0 Å². The molecule has 1 aromatic rings. The molecule has 0 unspecified atom stereocenters. The van der Waals surface area contributed by atoms with Crippen molar-refractivity contribution in [3.8, 4) is 5.75 Å². The molecule has 0 aliphatic carbocycles. The quantitative estimate of drug-likeness (QED) is 0.728. The molecule has 1 rings (SSSR count). The zero-order chi connectivity index (χ0) is 13.5. The lowest BCUT2D eigenvalue weighted by Crippen LogP contribution is -2.37. The van der Waals surface area contributed by atoms with Gasteiger partial charge in [0.2, 0.25) is 5.91 Å². The minimum atomic E-state index is -0.329. The third kappa shape index (κ3) is 4.08. The van der Waals surface area contributed by atoms with Gasteiger partial charge in [-0.3, -0.25) is 9.59 Å². The third-order valence-corrected chi connectivity index (χ3v) is 2.44.